The molecule has 0 aliphatic carbocycles. The van der Waals surface area contributed by atoms with Crippen molar-refractivity contribution in [2.45, 2.75) is 19.9 Å². The summed E-state index contributed by atoms with van der Waals surface area (Å²) >= 11 is 5.63. The highest BCUT2D eigenvalue weighted by atomic mass is 32.1. The van der Waals surface area contributed by atoms with E-state index in [1.807, 2.05) is 6.07 Å². The largest absolute Gasteiger partial charge is 0.462 e. The quantitative estimate of drug-likeness (QED) is 0.539. The predicted molar refractivity (Wildman–Crippen MR) is 103 cm³/mol. The zero-order valence-electron chi connectivity index (χ0n) is 15.4. The van der Waals surface area contributed by atoms with Gasteiger partial charge in [0.1, 0.15) is 0 Å². The van der Waals surface area contributed by atoms with E-state index < -0.39 is 0 Å². The van der Waals surface area contributed by atoms with Crippen molar-refractivity contribution in [1.29, 1.82) is 0 Å². The lowest BCUT2D eigenvalue weighted by Crippen LogP contribution is -2.38. The van der Waals surface area contributed by atoms with E-state index in [0.29, 0.717) is 18.7 Å². The smallest absolute Gasteiger partial charge is 0.338 e. The SMILES string of the molecule is CCOC(=O)c1ccnc(CN2CCCN(CCN(C)C)C(=S)C2)c1. The minimum absolute atomic E-state index is 0.299. The van der Waals surface area contributed by atoms with Crippen LogP contribution in [0.1, 0.15) is 29.4 Å². The van der Waals surface area contributed by atoms with Gasteiger partial charge in [0.05, 0.1) is 22.9 Å². The molecule has 2 rings (SSSR count). The van der Waals surface area contributed by atoms with Gasteiger partial charge in [-0.25, -0.2) is 4.79 Å². The number of nitrogens with zero attached hydrogens (tertiary/aromatic N) is 4. The van der Waals surface area contributed by atoms with Crippen LogP contribution in [0.5, 0.6) is 0 Å². The Labute approximate surface area is 155 Å². The number of thiocarbonyl (C=S) groups is 1. The Balaban J connectivity index is 1.95. The van der Waals surface area contributed by atoms with Gasteiger partial charge in [0.2, 0.25) is 0 Å². The molecule has 1 fully saturated rings. The number of likely N-dealkylation sites (N-methyl/N-ethyl adjacent to an activating group) is 1. The summed E-state index contributed by atoms with van der Waals surface area (Å²) < 4.78 is 5.06. The van der Waals surface area contributed by atoms with Gasteiger partial charge in [-0.2, -0.15) is 0 Å². The first kappa shape index (κ1) is 19.8. The van der Waals surface area contributed by atoms with E-state index in [4.69, 9.17) is 17.0 Å². The Morgan fingerprint density at radius 1 is 1.40 bits per heavy atom. The van der Waals surface area contributed by atoms with E-state index in [-0.39, 0.29) is 5.97 Å². The van der Waals surface area contributed by atoms with Crippen LogP contribution in [0.25, 0.3) is 0 Å². The Hall–Kier alpha value is -1.57. The molecule has 0 amide bonds. The van der Waals surface area contributed by atoms with Crippen LogP contribution in [0.15, 0.2) is 18.3 Å². The van der Waals surface area contributed by atoms with Crippen molar-refractivity contribution in [2.24, 2.45) is 0 Å². The molecule has 1 aliphatic heterocycles. The molecule has 7 heteroatoms. The van der Waals surface area contributed by atoms with Gasteiger partial charge in [0, 0.05) is 45.5 Å². The van der Waals surface area contributed by atoms with E-state index in [1.54, 1.807) is 19.2 Å². The second-order valence-corrected chi connectivity index (χ2v) is 6.98. The van der Waals surface area contributed by atoms with Gasteiger partial charge in [-0.05, 0) is 39.6 Å². The van der Waals surface area contributed by atoms with Crippen molar-refractivity contribution in [1.82, 2.24) is 19.7 Å². The van der Waals surface area contributed by atoms with Crippen molar-refractivity contribution in [3.8, 4) is 0 Å². The molecule has 0 atom stereocenters. The van der Waals surface area contributed by atoms with Crippen LogP contribution >= 0.6 is 12.2 Å². The molecule has 0 radical (unpaired) electrons. The maximum Gasteiger partial charge on any atom is 0.338 e. The zero-order valence-corrected chi connectivity index (χ0v) is 16.2. The lowest BCUT2D eigenvalue weighted by atomic mass is 10.2. The third-order valence-electron chi connectivity index (χ3n) is 4.14. The van der Waals surface area contributed by atoms with Crippen LogP contribution in [0, 0.1) is 0 Å². The summed E-state index contributed by atoms with van der Waals surface area (Å²) in [4.78, 5) is 24.0. The first-order valence-electron chi connectivity index (χ1n) is 8.76. The maximum atomic E-state index is 11.9. The molecular formula is C18H28N4O2S. The second-order valence-electron chi connectivity index (χ2n) is 6.50. The summed E-state index contributed by atoms with van der Waals surface area (Å²) in [6, 6.07) is 3.51. The molecule has 0 unspecified atom stereocenters. The Morgan fingerprint density at radius 3 is 2.92 bits per heavy atom. The summed E-state index contributed by atoms with van der Waals surface area (Å²) in [7, 11) is 4.16. The first-order valence-corrected chi connectivity index (χ1v) is 9.17. The molecule has 0 bridgehead atoms. The van der Waals surface area contributed by atoms with Crippen LogP contribution < -0.4 is 0 Å². The van der Waals surface area contributed by atoms with Gasteiger partial charge < -0.3 is 14.5 Å². The molecule has 0 aromatic carbocycles. The van der Waals surface area contributed by atoms with Crippen LogP contribution in [-0.4, -0.2) is 84.1 Å². The third-order valence-corrected chi connectivity index (χ3v) is 4.53. The number of aromatic nitrogens is 1. The molecular weight excluding hydrogens is 336 g/mol. The maximum absolute atomic E-state index is 11.9. The van der Waals surface area contributed by atoms with Crippen molar-refractivity contribution in [3.05, 3.63) is 29.6 Å². The van der Waals surface area contributed by atoms with E-state index in [0.717, 1.165) is 49.8 Å². The molecule has 2 heterocycles. The number of rotatable bonds is 7. The van der Waals surface area contributed by atoms with Crippen molar-refractivity contribution in [2.75, 3.05) is 53.4 Å². The second kappa shape index (κ2) is 9.79. The summed E-state index contributed by atoms with van der Waals surface area (Å²) in [6.45, 7) is 7.58. The van der Waals surface area contributed by atoms with Crippen molar-refractivity contribution in [3.63, 3.8) is 0 Å². The highest BCUT2D eigenvalue weighted by Gasteiger charge is 2.19. The fourth-order valence-corrected chi connectivity index (χ4v) is 3.17. The molecule has 138 valence electrons. The molecule has 1 aromatic rings. The van der Waals surface area contributed by atoms with Gasteiger partial charge in [0.15, 0.2) is 0 Å². The molecule has 1 aliphatic rings. The number of carbonyl (C=O) groups excluding carboxylic acids is 1. The molecule has 1 saturated heterocycles. The van der Waals surface area contributed by atoms with Crippen LogP contribution in [0.2, 0.25) is 0 Å². The summed E-state index contributed by atoms with van der Waals surface area (Å²) in [5, 5.41) is 0. The fourth-order valence-electron chi connectivity index (χ4n) is 2.81. The first-order chi connectivity index (χ1) is 12.0. The lowest BCUT2D eigenvalue weighted by molar-refractivity contribution is 0.0526. The van der Waals surface area contributed by atoms with E-state index in [1.165, 1.54) is 0 Å². The van der Waals surface area contributed by atoms with Gasteiger partial charge >= 0.3 is 5.97 Å². The van der Waals surface area contributed by atoms with Gasteiger partial charge in [0.25, 0.3) is 0 Å². The average Bonchev–Trinajstić information content (AvgIpc) is 2.74. The molecule has 0 spiro atoms. The molecule has 6 nitrogen and oxygen atoms in total. The van der Waals surface area contributed by atoms with E-state index >= 15 is 0 Å². The van der Waals surface area contributed by atoms with Crippen LogP contribution in [0.4, 0.5) is 0 Å². The Morgan fingerprint density at radius 2 is 2.20 bits per heavy atom. The van der Waals surface area contributed by atoms with Gasteiger partial charge in [-0.3, -0.25) is 9.88 Å². The van der Waals surface area contributed by atoms with Crippen LogP contribution in [-0.2, 0) is 11.3 Å². The monoisotopic (exact) mass is 364 g/mol. The standard InChI is InChI=1S/C18H28N4O2S/c1-4-24-18(23)15-6-7-19-16(12-15)13-21-8-5-9-22(17(25)14-21)11-10-20(2)3/h6-7,12H,4-5,8-11,13-14H2,1-3H3. The topological polar surface area (TPSA) is 48.9 Å². The molecule has 25 heavy (non-hydrogen) atoms. The van der Waals surface area contributed by atoms with E-state index in [2.05, 4.69) is 33.8 Å². The molecule has 1 aromatic heterocycles. The summed E-state index contributed by atoms with van der Waals surface area (Å²) in [5.41, 5.74) is 1.42. The third kappa shape index (κ3) is 6.34. The van der Waals surface area contributed by atoms with Gasteiger partial charge in [-0.1, -0.05) is 12.2 Å². The fraction of sp³-hybridized carbons (Fsp3) is 0.611. The average molecular weight is 365 g/mol. The van der Waals surface area contributed by atoms with Crippen molar-refractivity contribution >= 4 is 23.2 Å². The molecule has 0 saturated carbocycles. The van der Waals surface area contributed by atoms with Crippen molar-refractivity contribution < 1.29 is 9.53 Å². The number of esters is 1. The highest BCUT2D eigenvalue weighted by Crippen LogP contribution is 2.11. The van der Waals surface area contributed by atoms with Crippen LogP contribution in [0.3, 0.4) is 0 Å². The normalized spacial score (nSPS) is 16.2. The summed E-state index contributed by atoms with van der Waals surface area (Å²) in [5.74, 6) is -0.299. The van der Waals surface area contributed by atoms with E-state index in [9.17, 15) is 4.79 Å². The Bertz CT molecular complexity index is 594. The number of carbonyl (C=O) groups is 1. The number of hydrogen-bond donors (Lipinski definition) is 0. The number of ether oxygens (including phenoxy) is 1. The minimum atomic E-state index is -0.299. The predicted octanol–water partition coefficient (Wildman–Crippen LogP) is 1.66. The highest BCUT2D eigenvalue weighted by molar-refractivity contribution is 7.80. The minimum Gasteiger partial charge on any atom is -0.462 e. The van der Waals surface area contributed by atoms with Gasteiger partial charge in [-0.15, -0.1) is 0 Å². The lowest BCUT2D eigenvalue weighted by Gasteiger charge is -2.25. The zero-order chi connectivity index (χ0) is 18.2. The number of hydrogen-bond acceptors (Lipinski definition) is 6. The number of pyridine rings is 1. The summed E-state index contributed by atoms with van der Waals surface area (Å²) in [6.07, 6.45) is 2.74. The molecule has 0 N–H and O–H groups in total. The Kier molecular flexibility index (Phi) is 7.74.